The minimum atomic E-state index is 0.396. The third kappa shape index (κ3) is 3.73. The van der Waals surface area contributed by atoms with Gasteiger partial charge in [0.15, 0.2) is 5.82 Å². The molecule has 0 spiro atoms. The zero-order valence-corrected chi connectivity index (χ0v) is 15.2. The zero-order chi connectivity index (χ0) is 18.4. The molecule has 0 radical (unpaired) electrons. The quantitative estimate of drug-likeness (QED) is 0.525. The standard InChI is InChI=1S/C19H18N4O2S/c1-24-16-11-5-3-8-14(16)9-7-13-20-23-18(21-22-19(23)26)15-10-4-6-12-17(15)25-2/h3-13H,1-2H3,(H,22,26)/b9-7+,20-13+. The number of hydrogen-bond donors (Lipinski definition) is 1. The van der Waals surface area contributed by atoms with Crippen LogP contribution >= 0.6 is 12.2 Å². The number of hydrogen-bond acceptors (Lipinski definition) is 5. The van der Waals surface area contributed by atoms with E-state index in [2.05, 4.69) is 15.3 Å². The van der Waals surface area contributed by atoms with Crippen molar-refractivity contribution in [3.63, 3.8) is 0 Å². The monoisotopic (exact) mass is 366 g/mol. The second-order valence-electron chi connectivity index (χ2n) is 5.23. The van der Waals surface area contributed by atoms with Crippen molar-refractivity contribution in [1.82, 2.24) is 14.9 Å². The first-order valence-corrected chi connectivity index (χ1v) is 8.30. The van der Waals surface area contributed by atoms with Crippen LogP contribution in [0.15, 0.2) is 59.7 Å². The maximum atomic E-state index is 5.39. The van der Waals surface area contributed by atoms with Gasteiger partial charge in [0.25, 0.3) is 0 Å². The molecule has 3 aromatic rings. The Balaban J connectivity index is 1.89. The molecule has 1 aromatic heterocycles. The van der Waals surface area contributed by atoms with Gasteiger partial charge in [-0.15, -0.1) is 0 Å². The van der Waals surface area contributed by atoms with E-state index >= 15 is 0 Å². The molecule has 0 unspecified atom stereocenters. The third-order valence-corrected chi connectivity index (χ3v) is 3.95. The molecule has 1 heterocycles. The van der Waals surface area contributed by atoms with Crippen LogP contribution in [0, 0.1) is 4.77 Å². The average molecular weight is 366 g/mol. The largest absolute Gasteiger partial charge is 0.496 e. The van der Waals surface area contributed by atoms with E-state index in [1.807, 2.05) is 60.7 Å². The summed E-state index contributed by atoms with van der Waals surface area (Å²) in [4.78, 5) is 0. The molecule has 132 valence electrons. The van der Waals surface area contributed by atoms with E-state index < -0.39 is 0 Å². The molecule has 26 heavy (non-hydrogen) atoms. The number of nitrogens with zero attached hydrogens (tertiary/aromatic N) is 3. The van der Waals surface area contributed by atoms with Crippen LogP contribution in [0.25, 0.3) is 17.5 Å². The predicted octanol–water partition coefficient (Wildman–Crippen LogP) is 4.17. The number of aromatic nitrogens is 3. The van der Waals surface area contributed by atoms with Gasteiger partial charge in [0.05, 0.1) is 19.8 Å². The smallest absolute Gasteiger partial charge is 0.216 e. The Morgan fingerprint density at radius 2 is 1.73 bits per heavy atom. The maximum absolute atomic E-state index is 5.39. The molecule has 0 bridgehead atoms. The Hall–Kier alpha value is -3.19. The number of allylic oxidation sites excluding steroid dienone is 1. The van der Waals surface area contributed by atoms with Crippen molar-refractivity contribution in [1.29, 1.82) is 0 Å². The highest BCUT2D eigenvalue weighted by atomic mass is 32.1. The van der Waals surface area contributed by atoms with Gasteiger partial charge in [-0.05, 0) is 42.6 Å². The molecule has 0 aliphatic carbocycles. The molecule has 0 aliphatic rings. The summed E-state index contributed by atoms with van der Waals surface area (Å²) in [6, 6.07) is 15.3. The summed E-state index contributed by atoms with van der Waals surface area (Å²) in [5.74, 6) is 2.07. The molecule has 3 rings (SSSR count). The molecule has 0 saturated heterocycles. The molecule has 0 amide bonds. The number of ether oxygens (including phenoxy) is 2. The first-order valence-electron chi connectivity index (χ1n) is 7.89. The van der Waals surface area contributed by atoms with Gasteiger partial charge in [-0.3, -0.25) is 0 Å². The lowest BCUT2D eigenvalue weighted by Crippen LogP contribution is -1.96. The normalized spacial score (nSPS) is 11.3. The van der Waals surface area contributed by atoms with E-state index in [9.17, 15) is 0 Å². The van der Waals surface area contributed by atoms with Gasteiger partial charge in [0, 0.05) is 11.8 Å². The average Bonchev–Trinajstić information content (AvgIpc) is 3.05. The van der Waals surface area contributed by atoms with E-state index in [1.165, 1.54) is 0 Å². The number of para-hydroxylation sites is 2. The first kappa shape index (κ1) is 17.6. The molecule has 1 N–H and O–H groups in total. The Labute approximate surface area is 156 Å². The number of benzene rings is 2. The van der Waals surface area contributed by atoms with Gasteiger partial charge in [-0.1, -0.05) is 30.3 Å². The van der Waals surface area contributed by atoms with E-state index in [0.717, 1.165) is 16.9 Å². The summed E-state index contributed by atoms with van der Waals surface area (Å²) < 4.78 is 12.7. The van der Waals surface area contributed by atoms with Crippen LogP contribution in [-0.2, 0) is 0 Å². The van der Waals surface area contributed by atoms with Crippen LogP contribution in [0.5, 0.6) is 11.5 Å². The molecule has 0 atom stereocenters. The van der Waals surface area contributed by atoms with Gasteiger partial charge in [0.1, 0.15) is 11.5 Å². The van der Waals surface area contributed by atoms with Crippen LogP contribution in [0.2, 0.25) is 0 Å². The first-order chi connectivity index (χ1) is 12.7. The van der Waals surface area contributed by atoms with Crippen molar-refractivity contribution in [2.75, 3.05) is 14.2 Å². The van der Waals surface area contributed by atoms with E-state index in [1.54, 1.807) is 25.1 Å². The van der Waals surface area contributed by atoms with E-state index in [4.69, 9.17) is 21.7 Å². The van der Waals surface area contributed by atoms with Gasteiger partial charge in [-0.25, -0.2) is 5.10 Å². The van der Waals surface area contributed by atoms with Gasteiger partial charge >= 0.3 is 0 Å². The Kier molecular flexibility index (Phi) is 5.60. The summed E-state index contributed by atoms with van der Waals surface area (Å²) in [5.41, 5.74) is 1.76. The second kappa shape index (κ2) is 8.26. The lowest BCUT2D eigenvalue weighted by molar-refractivity contribution is 0.414. The van der Waals surface area contributed by atoms with Crippen molar-refractivity contribution >= 4 is 24.5 Å². The number of nitrogens with one attached hydrogen (secondary N) is 1. The van der Waals surface area contributed by atoms with E-state index in [-0.39, 0.29) is 0 Å². The van der Waals surface area contributed by atoms with Crippen LogP contribution < -0.4 is 9.47 Å². The van der Waals surface area contributed by atoms with E-state index in [0.29, 0.717) is 16.3 Å². The molecular formula is C19H18N4O2S. The Morgan fingerprint density at radius 3 is 2.50 bits per heavy atom. The zero-order valence-electron chi connectivity index (χ0n) is 14.4. The van der Waals surface area contributed by atoms with Gasteiger partial charge < -0.3 is 9.47 Å². The van der Waals surface area contributed by atoms with Crippen molar-refractivity contribution in [2.45, 2.75) is 0 Å². The minimum Gasteiger partial charge on any atom is -0.496 e. The highest BCUT2D eigenvalue weighted by Gasteiger charge is 2.12. The SMILES string of the molecule is COc1ccccc1/C=C/C=N/n1c(-c2ccccc2OC)n[nH]c1=S. The topological polar surface area (TPSA) is 64.4 Å². The molecule has 2 aromatic carbocycles. The molecule has 7 heteroatoms. The molecule has 0 aliphatic heterocycles. The maximum Gasteiger partial charge on any atom is 0.216 e. The molecule has 0 saturated carbocycles. The fourth-order valence-electron chi connectivity index (χ4n) is 2.46. The van der Waals surface area contributed by atoms with Crippen molar-refractivity contribution in [3.8, 4) is 22.9 Å². The fourth-order valence-corrected chi connectivity index (χ4v) is 2.64. The summed E-state index contributed by atoms with van der Waals surface area (Å²) in [5, 5.41) is 11.4. The molecule has 0 fully saturated rings. The molecule has 6 nitrogen and oxygen atoms in total. The molecular weight excluding hydrogens is 348 g/mol. The van der Waals surface area contributed by atoms with Gasteiger partial charge in [-0.2, -0.15) is 14.9 Å². The third-order valence-electron chi connectivity index (χ3n) is 3.68. The second-order valence-corrected chi connectivity index (χ2v) is 5.62. The summed E-state index contributed by atoms with van der Waals surface area (Å²) in [6.07, 6.45) is 5.38. The highest BCUT2D eigenvalue weighted by Crippen LogP contribution is 2.28. The lowest BCUT2D eigenvalue weighted by Gasteiger charge is -2.06. The highest BCUT2D eigenvalue weighted by molar-refractivity contribution is 7.71. The van der Waals surface area contributed by atoms with Crippen molar-refractivity contribution in [3.05, 3.63) is 64.9 Å². The Morgan fingerprint density at radius 1 is 1.04 bits per heavy atom. The lowest BCUT2D eigenvalue weighted by atomic mass is 10.2. The fraction of sp³-hybridized carbons (Fsp3) is 0.105. The van der Waals surface area contributed by atoms with Crippen molar-refractivity contribution in [2.24, 2.45) is 5.10 Å². The number of aromatic amines is 1. The van der Waals surface area contributed by atoms with Crippen molar-refractivity contribution < 1.29 is 9.47 Å². The van der Waals surface area contributed by atoms with Crippen LogP contribution in [-0.4, -0.2) is 35.3 Å². The summed E-state index contributed by atoms with van der Waals surface area (Å²) in [6.45, 7) is 0. The summed E-state index contributed by atoms with van der Waals surface area (Å²) in [7, 11) is 3.26. The van der Waals surface area contributed by atoms with Crippen LogP contribution in [0.4, 0.5) is 0 Å². The van der Waals surface area contributed by atoms with Gasteiger partial charge in [0.2, 0.25) is 4.77 Å². The minimum absolute atomic E-state index is 0.396. The van der Waals surface area contributed by atoms with Crippen LogP contribution in [0.3, 0.4) is 0 Å². The summed E-state index contributed by atoms with van der Waals surface area (Å²) >= 11 is 5.28. The number of rotatable bonds is 6. The Bertz CT molecular complexity index is 1000. The van der Waals surface area contributed by atoms with Crippen LogP contribution in [0.1, 0.15) is 5.56 Å². The predicted molar refractivity (Wildman–Crippen MR) is 105 cm³/mol. The number of methoxy groups -OCH3 is 2. The number of H-pyrrole nitrogens is 1.